The van der Waals surface area contributed by atoms with Crippen LogP contribution in [0.15, 0.2) is 23.4 Å². The Morgan fingerprint density at radius 1 is 1.61 bits per heavy atom. The molecule has 0 fully saturated rings. The van der Waals surface area contributed by atoms with E-state index in [9.17, 15) is 4.39 Å². The van der Waals surface area contributed by atoms with Gasteiger partial charge in [0.05, 0.1) is 5.54 Å². The van der Waals surface area contributed by atoms with E-state index in [0.717, 1.165) is 0 Å². The third-order valence-corrected chi connectivity index (χ3v) is 2.54. The van der Waals surface area contributed by atoms with Gasteiger partial charge in [0.15, 0.2) is 5.84 Å². The minimum atomic E-state index is -0.503. The Bertz CT molecular complexity index is 503. The molecule has 0 aliphatic carbocycles. The van der Waals surface area contributed by atoms with Gasteiger partial charge >= 0.3 is 0 Å². The lowest BCUT2D eigenvalue weighted by atomic mass is 10.1. The number of nitrogens with zero attached hydrogens (tertiary/aromatic N) is 1. The van der Waals surface area contributed by atoms with Crippen LogP contribution in [-0.4, -0.2) is 16.6 Å². The molecule has 4 N–H and O–H groups in total. The van der Waals surface area contributed by atoms with Crippen molar-refractivity contribution in [1.82, 2.24) is 5.32 Å². The summed E-state index contributed by atoms with van der Waals surface area (Å²) in [6.45, 7) is 3.96. The van der Waals surface area contributed by atoms with Crippen LogP contribution in [0.5, 0.6) is 0 Å². The molecule has 96 valence electrons. The molecule has 0 aliphatic rings. The number of nitrogens with two attached hydrogens (primary N) is 1. The van der Waals surface area contributed by atoms with Crippen LogP contribution < -0.4 is 11.1 Å². The number of rotatable bonds is 4. The lowest BCUT2D eigenvalue weighted by Gasteiger charge is -2.19. The Morgan fingerprint density at radius 2 is 2.28 bits per heavy atom. The van der Waals surface area contributed by atoms with Gasteiger partial charge in [-0.15, -0.1) is 6.42 Å². The number of hydrogen-bond acceptors (Lipinski definition) is 3. The van der Waals surface area contributed by atoms with Crippen LogP contribution in [-0.2, 0) is 6.54 Å². The van der Waals surface area contributed by atoms with Gasteiger partial charge in [-0.05, 0) is 19.9 Å². The summed E-state index contributed by atoms with van der Waals surface area (Å²) in [7, 11) is 0. The molecule has 1 aromatic rings. The van der Waals surface area contributed by atoms with E-state index in [4.69, 9.17) is 17.4 Å². The lowest BCUT2D eigenvalue weighted by molar-refractivity contribution is 0.318. The summed E-state index contributed by atoms with van der Waals surface area (Å²) in [4.78, 5) is 0. The van der Waals surface area contributed by atoms with Crippen LogP contribution in [0.1, 0.15) is 25.0 Å². The zero-order chi connectivity index (χ0) is 13.8. The standard InChI is InChI=1S/C13H16FN3O/c1-4-13(2,3)16-8-10-6-5-9(7-11(10)14)12(15)17-18/h1,5-7,16,18H,8H2,2-3H3,(H2,15,17). The second-order valence-corrected chi connectivity index (χ2v) is 4.41. The predicted molar refractivity (Wildman–Crippen MR) is 68.7 cm³/mol. The van der Waals surface area contributed by atoms with E-state index in [1.807, 2.05) is 13.8 Å². The SMILES string of the molecule is C#CC(C)(C)NCc1ccc(C(N)=NO)cc1F. The number of amidine groups is 1. The highest BCUT2D eigenvalue weighted by atomic mass is 19.1. The highest BCUT2D eigenvalue weighted by molar-refractivity contribution is 5.97. The van der Waals surface area contributed by atoms with E-state index in [0.29, 0.717) is 17.7 Å². The molecule has 0 amide bonds. The minimum Gasteiger partial charge on any atom is -0.409 e. The second-order valence-electron chi connectivity index (χ2n) is 4.41. The number of halogens is 1. The molecule has 18 heavy (non-hydrogen) atoms. The van der Waals surface area contributed by atoms with Crippen molar-refractivity contribution < 1.29 is 9.60 Å². The van der Waals surface area contributed by atoms with E-state index in [-0.39, 0.29) is 5.84 Å². The van der Waals surface area contributed by atoms with Crippen LogP contribution in [0, 0.1) is 18.2 Å². The Balaban J connectivity index is 2.85. The average Bonchev–Trinajstić information content (AvgIpc) is 2.36. The highest BCUT2D eigenvalue weighted by Crippen LogP contribution is 2.12. The summed E-state index contributed by atoms with van der Waals surface area (Å²) in [6.07, 6.45) is 5.32. The molecule has 5 heteroatoms. The zero-order valence-corrected chi connectivity index (χ0v) is 10.4. The predicted octanol–water partition coefficient (Wildman–Crippen LogP) is 1.42. The molecule has 0 radical (unpaired) electrons. The maximum atomic E-state index is 13.7. The molecule has 1 rings (SSSR count). The van der Waals surface area contributed by atoms with Gasteiger partial charge in [0.25, 0.3) is 0 Å². The van der Waals surface area contributed by atoms with Gasteiger partial charge in [-0.2, -0.15) is 0 Å². The maximum absolute atomic E-state index is 13.7. The Kier molecular flexibility index (Phi) is 4.29. The van der Waals surface area contributed by atoms with Crippen LogP contribution in [0.4, 0.5) is 4.39 Å². The van der Waals surface area contributed by atoms with Gasteiger partial charge in [-0.1, -0.05) is 23.2 Å². The van der Waals surface area contributed by atoms with Crippen molar-refractivity contribution in [1.29, 1.82) is 0 Å². The summed E-state index contributed by atoms with van der Waals surface area (Å²) in [5.41, 5.74) is 5.66. The molecule has 0 saturated heterocycles. The normalized spacial score (nSPS) is 12.2. The Labute approximate surface area is 106 Å². The second kappa shape index (κ2) is 5.52. The number of terminal acetylenes is 1. The Morgan fingerprint density at radius 3 is 2.78 bits per heavy atom. The minimum absolute atomic E-state index is 0.127. The quantitative estimate of drug-likeness (QED) is 0.248. The number of hydrogen-bond donors (Lipinski definition) is 3. The molecule has 1 aromatic carbocycles. The fourth-order valence-electron chi connectivity index (χ4n) is 1.27. The molecule has 0 spiro atoms. The number of benzene rings is 1. The molecule has 0 aliphatic heterocycles. The third kappa shape index (κ3) is 3.47. The maximum Gasteiger partial charge on any atom is 0.170 e. The summed E-state index contributed by atoms with van der Waals surface area (Å²) < 4.78 is 13.7. The highest BCUT2D eigenvalue weighted by Gasteiger charge is 2.14. The molecular formula is C13H16FN3O. The first-order valence-corrected chi connectivity index (χ1v) is 5.39. The van der Waals surface area contributed by atoms with Gasteiger partial charge in [0, 0.05) is 17.7 Å². The van der Waals surface area contributed by atoms with Crippen molar-refractivity contribution in [2.24, 2.45) is 10.9 Å². The first-order valence-electron chi connectivity index (χ1n) is 5.39. The molecule has 0 atom stereocenters. The fourth-order valence-corrected chi connectivity index (χ4v) is 1.27. The summed E-state index contributed by atoms with van der Waals surface area (Å²) >= 11 is 0. The zero-order valence-electron chi connectivity index (χ0n) is 10.4. The fraction of sp³-hybridized carbons (Fsp3) is 0.308. The van der Waals surface area contributed by atoms with Crippen molar-refractivity contribution in [2.45, 2.75) is 25.9 Å². The van der Waals surface area contributed by atoms with Gasteiger partial charge < -0.3 is 10.9 Å². The summed E-state index contributed by atoms with van der Waals surface area (Å²) in [6, 6.07) is 4.37. The monoisotopic (exact) mass is 249 g/mol. The van der Waals surface area contributed by atoms with Crippen molar-refractivity contribution in [3.8, 4) is 12.3 Å². The molecule has 0 aromatic heterocycles. The van der Waals surface area contributed by atoms with E-state index >= 15 is 0 Å². The smallest absolute Gasteiger partial charge is 0.170 e. The lowest BCUT2D eigenvalue weighted by Crippen LogP contribution is -2.37. The molecular weight excluding hydrogens is 233 g/mol. The van der Waals surface area contributed by atoms with Crippen molar-refractivity contribution >= 4 is 5.84 Å². The molecule has 0 saturated carbocycles. The topological polar surface area (TPSA) is 70.6 Å². The van der Waals surface area contributed by atoms with Crippen LogP contribution in [0.2, 0.25) is 0 Å². The number of nitrogens with one attached hydrogen (secondary N) is 1. The van der Waals surface area contributed by atoms with Gasteiger partial charge in [0.1, 0.15) is 5.82 Å². The van der Waals surface area contributed by atoms with Gasteiger partial charge in [-0.3, -0.25) is 5.32 Å². The molecule has 0 bridgehead atoms. The van der Waals surface area contributed by atoms with Crippen molar-refractivity contribution in [3.63, 3.8) is 0 Å². The molecule has 0 unspecified atom stereocenters. The van der Waals surface area contributed by atoms with Crippen molar-refractivity contribution in [2.75, 3.05) is 0 Å². The Hall–Kier alpha value is -2.06. The molecule has 4 nitrogen and oxygen atoms in total. The summed E-state index contributed by atoms with van der Waals surface area (Å²) in [5.74, 6) is 2.01. The van der Waals surface area contributed by atoms with Gasteiger partial charge in [-0.25, -0.2) is 4.39 Å². The van der Waals surface area contributed by atoms with Crippen LogP contribution in [0.25, 0.3) is 0 Å². The first kappa shape index (κ1) is 14.0. The van der Waals surface area contributed by atoms with Crippen LogP contribution in [0.3, 0.4) is 0 Å². The largest absolute Gasteiger partial charge is 0.409 e. The summed E-state index contributed by atoms with van der Waals surface area (Å²) in [5, 5.41) is 14.4. The number of oxime groups is 1. The molecule has 0 heterocycles. The first-order chi connectivity index (χ1) is 8.39. The van der Waals surface area contributed by atoms with Crippen molar-refractivity contribution in [3.05, 3.63) is 35.1 Å². The third-order valence-electron chi connectivity index (χ3n) is 2.54. The van der Waals surface area contributed by atoms with E-state index in [1.54, 1.807) is 12.1 Å². The van der Waals surface area contributed by atoms with Gasteiger partial charge in [0.2, 0.25) is 0 Å². The average molecular weight is 249 g/mol. The van der Waals surface area contributed by atoms with Crippen LogP contribution >= 0.6 is 0 Å². The van der Waals surface area contributed by atoms with E-state index in [2.05, 4.69) is 16.4 Å². The van der Waals surface area contributed by atoms with E-state index < -0.39 is 11.4 Å². The van der Waals surface area contributed by atoms with E-state index in [1.165, 1.54) is 6.07 Å².